The number of benzene rings is 2. The van der Waals surface area contributed by atoms with Gasteiger partial charge in [0.05, 0.1) is 17.0 Å². The topological polar surface area (TPSA) is 81.2 Å². The van der Waals surface area contributed by atoms with Crippen LogP contribution in [0.1, 0.15) is 17.4 Å². The number of ether oxygens (including phenoxy) is 1. The number of aromatic amines is 1. The standard InChI is InChI=1S/C19H16N2O4S/c1-2-25-19(22)16-12-15-14-10-6-7-11-17(14)21(18(15)20-16)26(23,24)13-8-4-3-5-9-13/h3-12,20H,2H2,1H3. The molecule has 2 aromatic carbocycles. The fraction of sp³-hybridized carbons (Fsp3) is 0.105. The zero-order valence-electron chi connectivity index (χ0n) is 14.0. The van der Waals surface area contributed by atoms with Crippen LogP contribution in [-0.4, -0.2) is 30.0 Å². The molecule has 6 nitrogen and oxygen atoms in total. The molecular formula is C19H16N2O4S. The van der Waals surface area contributed by atoms with Gasteiger partial charge in [0, 0.05) is 10.8 Å². The fourth-order valence-corrected chi connectivity index (χ4v) is 4.59. The molecule has 0 unspecified atom stereocenters. The van der Waals surface area contributed by atoms with E-state index in [1.807, 2.05) is 12.1 Å². The largest absolute Gasteiger partial charge is 0.461 e. The fourth-order valence-electron chi connectivity index (χ4n) is 3.07. The Kier molecular flexibility index (Phi) is 3.81. The van der Waals surface area contributed by atoms with Crippen LogP contribution in [0.15, 0.2) is 65.6 Å². The number of carbonyl (C=O) groups excluding carboxylic acids is 1. The lowest BCUT2D eigenvalue weighted by molar-refractivity contribution is 0.0520. The highest BCUT2D eigenvalue weighted by molar-refractivity contribution is 7.90. The Bertz CT molecular complexity index is 1220. The van der Waals surface area contributed by atoms with Gasteiger partial charge in [-0.2, -0.15) is 0 Å². The van der Waals surface area contributed by atoms with Crippen molar-refractivity contribution in [1.29, 1.82) is 0 Å². The minimum absolute atomic E-state index is 0.176. The lowest BCUT2D eigenvalue weighted by Crippen LogP contribution is -2.13. The molecule has 0 saturated heterocycles. The van der Waals surface area contributed by atoms with Crippen molar-refractivity contribution in [2.45, 2.75) is 11.8 Å². The summed E-state index contributed by atoms with van der Waals surface area (Å²) >= 11 is 0. The Hall–Kier alpha value is -3.06. The van der Waals surface area contributed by atoms with Crippen LogP contribution >= 0.6 is 0 Å². The highest BCUT2D eigenvalue weighted by atomic mass is 32.2. The van der Waals surface area contributed by atoms with E-state index in [1.54, 1.807) is 55.5 Å². The summed E-state index contributed by atoms with van der Waals surface area (Å²) < 4.78 is 32.8. The van der Waals surface area contributed by atoms with Crippen LogP contribution in [-0.2, 0) is 14.8 Å². The molecule has 132 valence electrons. The number of H-pyrrole nitrogens is 1. The first-order valence-electron chi connectivity index (χ1n) is 8.14. The van der Waals surface area contributed by atoms with Crippen molar-refractivity contribution < 1.29 is 17.9 Å². The number of hydrogen-bond donors (Lipinski definition) is 1. The van der Waals surface area contributed by atoms with Gasteiger partial charge in [0.2, 0.25) is 0 Å². The van der Waals surface area contributed by atoms with E-state index in [1.165, 1.54) is 3.97 Å². The highest BCUT2D eigenvalue weighted by Crippen LogP contribution is 2.32. The van der Waals surface area contributed by atoms with E-state index in [0.717, 1.165) is 5.39 Å². The maximum atomic E-state index is 13.3. The van der Waals surface area contributed by atoms with E-state index in [0.29, 0.717) is 16.6 Å². The van der Waals surface area contributed by atoms with Crippen molar-refractivity contribution in [3.05, 3.63) is 66.4 Å². The van der Waals surface area contributed by atoms with Gasteiger partial charge in [-0.05, 0) is 31.2 Å². The number of hydrogen-bond acceptors (Lipinski definition) is 4. The Morgan fingerprint density at radius 3 is 2.46 bits per heavy atom. The number of fused-ring (bicyclic) bond motifs is 3. The second-order valence-electron chi connectivity index (χ2n) is 5.77. The zero-order valence-corrected chi connectivity index (χ0v) is 14.8. The number of carbonyl (C=O) groups is 1. The quantitative estimate of drug-likeness (QED) is 0.559. The predicted molar refractivity (Wildman–Crippen MR) is 98.8 cm³/mol. The van der Waals surface area contributed by atoms with E-state index in [-0.39, 0.29) is 17.2 Å². The van der Waals surface area contributed by atoms with Gasteiger partial charge in [0.1, 0.15) is 11.3 Å². The van der Waals surface area contributed by atoms with E-state index in [4.69, 9.17) is 4.74 Å². The average molecular weight is 368 g/mol. The number of esters is 1. The summed E-state index contributed by atoms with van der Waals surface area (Å²) in [5.41, 5.74) is 1.12. The lowest BCUT2D eigenvalue weighted by Gasteiger charge is -2.08. The number of nitrogens with one attached hydrogen (secondary N) is 1. The number of rotatable bonds is 4. The predicted octanol–water partition coefficient (Wildman–Crippen LogP) is 3.54. The average Bonchev–Trinajstić information content (AvgIpc) is 3.20. The van der Waals surface area contributed by atoms with Crippen LogP contribution < -0.4 is 0 Å². The summed E-state index contributed by atoms with van der Waals surface area (Å²) in [7, 11) is -3.84. The van der Waals surface area contributed by atoms with Crippen molar-refractivity contribution in [2.75, 3.05) is 6.61 Å². The maximum absolute atomic E-state index is 13.3. The van der Waals surface area contributed by atoms with E-state index in [9.17, 15) is 13.2 Å². The molecule has 0 aliphatic carbocycles. The lowest BCUT2D eigenvalue weighted by atomic mass is 10.2. The van der Waals surface area contributed by atoms with Gasteiger partial charge in [0.15, 0.2) is 0 Å². The number of aromatic nitrogens is 2. The molecule has 0 bridgehead atoms. The van der Waals surface area contributed by atoms with Crippen molar-refractivity contribution in [2.24, 2.45) is 0 Å². The molecule has 26 heavy (non-hydrogen) atoms. The second-order valence-corrected chi connectivity index (χ2v) is 7.55. The monoisotopic (exact) mass is 368 g/mol. The van der Waals surface area contributed by atoms with Gasteiger partial charge >= 0.3 is 5.97 Å². The molecule has 0 radical (unpaired) electrons. The molecule has 2 heterocycles. The number of nitrogens with zero attached hydrogens (tertiary/aromatic N) is 1. The van der Waals surface area contributed by atoms with Crippen molar-refractivity contribution in [3.8, 4) is 0 Å². The van der Waals surface area contributed by atoms with Gasteiger partial charge in [0.25, 0.3) is 10.0 Å². The zero-order chi connectivity index (χ0) is 18.3. The van der Waals surface area contributed by atoms with Crippen LogP contribution in [0.2, 0.25) is 0 Å². The molecule has 7 heteroatoms. The maximum Gasteiger partial charge on any atom is 0.354 e. The van der Waals surface area contributed by atoms with Crippen LogP contribution in [0.5, 0.6) is 0 Å². The molecule has 2 aromatic heterocycles. The first-order valence-corrected chi connectivity index (χ1v) is 9.58. The van der Waals surface area contributed by atoms with Crippen molar-refractivity contribution >= 4 is 37.9 Å². The van der Waals surface area contributed by atoms with E-state index >= 15 is 0 Å². The Morgan fingerprint density at radius 2 is 1.73 bits per heavy atom. The molecular weight excluding hydrogens is 352 g/mol. The smallest absolute Gasteiger partial charge is 0.354 e. The molecule has 0 atom stereocenters. The molecule has 0 amide bonds. The third kappa shape index (κ3) is 2.40. The Labute approximate surface area is 150 Å². The third-order valence-electron chi connectivity index (χ3n) is 4.19. The van der Waals surface area contributed by atoms with Gasteiger partial charge in [-0.25, -0.2) is 17.2 Å². The molecule has 0 aliphatic rings. The van der Waals surface area contributed by atoms with Crippen molar-refractivity contribution in [1.82, 2.24) is 8.96 Å². The third-order valence-corrected chi connectivity index (χ3v) is 5.92. The van der Waals surface area contributed by atoms with Gasteiger partial charge in [-0.3, -0.25) is 0 Å². The van der Waals surface area contributed by atoms with Gasteiger partial charge in [-0.1, -0.05) is 36.4 Å². The van der Waals surface area contributed by atoms with Crippen LogP contribution in [0.25, 0.3) is 21.9 Å². The van der Waals surface area contributed by atoms with Crippen LogP contribution in [0.4, 0.5) is 0 Å². The molecule has 0 aliphatic heterocycles. The summed E-state index contributed by atoms with van der Waals surface area (Å²) in [6, 6.07) is 17.0. The summed E-state index contributed by atoms with van der Waals surface area (Å²) in [6.07, 6.45) is 0. The second kappa shape index (κ2) is 6.03. The van der Waals surface area contributed by atoms with Crippen LogP contribution in [0, 0.1) is 0 Å². The van der Waals surface area contributed by atoms with E-state index < -0.39 is 16.0 Å². The van der Waals surface area contributed by atoms with Crippen LogP contribution in [0.3, 0.4) is 0 Å². The Balaban J connectivity index is 2.05. The first-order chi connectivity index (χ1) is 12.5. The van der Waals surface area contributed by atoms with Crippen molar-refractivity contribution in [3.63, 3.8) is 0 Å². The van der Waals surface area contributed by atoms with E-state index in [2.05, 4.69) is 4.98 Å². The first kappa shape index (κ1) is 16.4. The highest BCUT2D eigenvalue weighted by Gasteiger charge is 2.25. The summed E-state index contributed by atoms with van der Waals surface area (Å²) in [5.74, 6) is -0.517. The molecule has 1 N–H and O–H groups in total. The molecule has 0 spiro atoms. The molecule has 4 rings (SSSR count). The number of para-hydroxylation sites is 1. The molecule has 4 aromatic rings. The molecule has 0 fully saturated rings. The minimum atomic E-state index is -3.84. The SMILES string of the molecule is CCOC(=O)c1cc2c3ccccc3n(S(=O)(=O)c3ccccc3)c2[nH]1. The normalized spacial score (nSPS) is 11.9. The minimum Gasteiger partial charge on any atom is -0.461 e. The Morgan fingerprint density at radius 1 is 1.04 bits per heavy atom. The van der Waals surface area contributed by atoms with Gasteiger partial charge in [-0.15, -0.1) is 0 Å². The van der Waals surface area contributed by atoms with Gasteiger partial charge < -0.3 is 9.72 Å². The summed E-state index contributed by atoms with van der Waals surface area (Å²) in [5, 5.41) is 1.40. The summed E-state index contributed by atoms with van der Waals surface area (Å²) in [4.78, 5) is 15.2. The molecule has 0 saturated carbocycles. The summed E-state index contributed by atoms with van der Waals surface area (Å²) in [6.45, 7) is 1.96.